The van der Waals surface area contributed by atoms with Gasteiger partial charge in [0.25, 0.3) is 0 Å². The Balaban J connectivity index is 5.45. The lowest BCUT2D eigenvalue weighted by Crippen LogP contribution is -2.30. The molecule has 5 atom stereocenters. The summed E-state index contributed by atoms with van der Waals surface area (Å²) < 4.78 is 68.6. The first-order chi connectivity index (χ1) is 51.7. The molecule has 0 aliphatic carbocycles. The molecular weight excluding hydrogens is 1380 g/mol. The van der Waals surface area contributed by atoms with E-state index in [-0.39, 0.29) is 25.7 Å². The van der Waals surface area contributed by atoms with Crippen molar-refractivity contribution in [1.29, 1.82) is 0 Å². The number of hydrogen-bond donors (Lipinski definition) is 3. The van der Waals surface area contributed by atoms with E-state index in [1.54, 1.807) is 0 Å². The number of ether oxygens (including phenoxy) is 4. The average Bonchev–Trinajstić information content (AvgIpc) is 0.902. The van der Waals surface area contributed by atoms with E-state index in [9.17, 15) is 43.2 Å². The summed E-state index contributed by atoms with van der Waals surface area (Å²) in [5.74, 6) is -2.27. The van der Waals surface area contributed by atoms with E-state index in [1.807, 2.05) is 0 Å². The third-order valence-corrected chi connectivity index (χ3v) is 18.1. The Bertz CT molecular complexity index is 2680. The Kier molecular flexibility index (Phi) is 73.5. The van der Waals surface area contributed by atoms with Crippen LogP contribution in [0, 0.1) is 0 Å². The molecule has 106 heavy (non-hydrogen) atoms. The van der Waals surface area contributed by atoms with Crippen molar-refractivity contribution < 1.29 is 80.2 Å². The lowest BCUT2D eigenvalue weighted by Gasteiger charge is -2.21. The maximum atomic E-state index is 13.1. The summed E-state index contributed by atoms with van der Waals surface area (Å²) >= 11 is 0. The maximum Gasteiger partial charge on any atom is 0.472 e. The van der Waals surface area contributed by atoms with Crippen LogP contribution in [0.15, 0.2) is 170 Å². The molecule has 0 fully saturated rings. The van der Waals surface area contributed by atoms with Crippen molar-refractivity contribution in [3.63, 3.8) is 0 Å². The predicted octanol–water partition coefficient (Wildman–Crippen LogP) is 23.8. The minimum atomic E-state index is -5.00. The largest absolute Gasteiger partial charge is 0.472 e. The number of allylic oxidation sites excluding steroid dienone is 28. The number of hydrogen-bond acceptors (Lipinski definition) is 15. The van der Waals surface area contributed by atoms with E-state index in [1.165, 1.54) is 0 Å². The molecule has 0 rings (SSSR count). The quantitative estimate of drug-likeness (QED) is 0.0169. The molecule has 0 saturated heterocycles. The van der Waals surface area contributed by atoms with Gasteiger partial charge in [-0.15, -0.1) is 0 Å². The van der Waals surface area contributed by atoms with Crippen LogP contribution in [0.2, 0.25) is 0 Å². The molecule has 602 valence electrons. The Morgan fingerprint density at radius 3 is 0.717 bits per heavy atom. The molecule has 0 aliphatic rings. The molecule has 0 aliphatic heterocycles. The molecule has 17 nitrogen and oxygen atoms in total. The summed E-state index contributed by atoms with van der Waals surface area (Å²) in [5, 5.41) is 10.7. The number of unbranched alkanes of at least 4 members (excludes halogenated alkanes) is 20. The fraction of sp³-hybridized carbons (Fsp3) is 0.632. The minimum Gasteiger partial charge on any atom is -0.462 e. The van der Waals surface area contributed by atoms with Gasteiger partial charge < -0.3 is 33.8 Å². The van der Waals surface area contributed by atoms with Gasteiger partial charge >= 0.3 is 39.5 Å². The van der Waals surface area contributed by atoms with Crippen molar-refractivity contribution in [2.45, 2.75) is 316 Å². The third-order valence-electron chi connectivity index (χ3n) is 16.2. The average molecular weight is 1520 g/mol. The smallest absolute Gasteiger partial charge is 0.462 e. The molecule has 3 N–H and O–H groups in total. The van der Waals surface area contributed by atoms with Gasteiger partial charge in [0.1, 0.15) is 19.3 Å². The molecule has 0 saturated carbocycles. The molecule has 0 spiro atoms. The first-order valence-electron chi connectivity index (χ1n) is 40.4. The van der Waals surface area contributed by atoms with Crippen molar-refractivity contribution in [1.82, 2.24) is 0 Å². The van der Waals surface area contributed by atoms with Crippen LogP contribution < -0.4 is 0 Å². The number of phosphoric ester groups is 2. The van der Waals surface area contributed by atoms with Gasteiger partial charge in [-0.1, -0.05) is 275 Å². The molecule has 0 aromatic rings. The lowest BCUT2D eigenvalue weighted by molar-refractivity contribution is -0.161. The van der Waals surface area contributed by atoms with E-state index >= 15 is 0 Å². The predicted molar refractivity (Wildman–Crippen MR) is 436 cm³/mol. The van der Waals surface area contributed by atoms with Gasteiger partial charge in [-0.25, -0.2) is 9.13 Å². The van der Waals surface area contributed by atoms with Crippen LogP contribution >= 0.6 is 15.6 Å². The number of aliphatic hydroxyl groups is 1. The second-order valence-electron chi connectivity index (χ2n) is 26.2. The fourth-order valence-corrected chi connectivity index (χ4v) is 11.8. The van der Waals surface area contributed by atoms with Gasteiger partial charge in [0.05, 0.1) is 26.4 Å². The zero-order chi connectivity index (χ0) is 77.4. The second kappa shape index (κ2) is 77.6. The summed E-state index contributed by atoms with van der Waals surface area (Å²) in [6, 6.07) is 0. The first kappa shape index (κ1) is 100. The minimum absolute atomic E-state index is 0.0654. The summed E-state index contributed by atoms with van der Waals surface area (Å²) in [4.78, 5) is 73.1. The van der Waals surface area contributed by atoms with Gasteiger partial charge in [0.15, 0.2) is 12.2 Å². The highest BCUT2D eigenvalue weighted by Crippen LogP contribution is 2.45. The molecule has 0 heterocycles. The topological polar surface area (TPSA) is 237 Å². The highest BCUT2D eigenvalue weighted by Gasteiger charge is 2.30. The zero-order valence-corrected chi connectivity index (χ0v) is 67.6. The summed E-state index contributed by atoms with van der Waals surface area (Å²) in [5.41, 5.74) is 0. The second-order valence-corrected chi connectivity index (χ2v) is 29.1. The summed E-state index contributed by atoms with van der Waals surface area (Å²) in [6.45, 7) is 4.34. The summed E-state index contributed by atoms with van der Waals surface area (Å²) in [6.07, 6.45) is 91.8. The highest BCUT2D eigenvalue weighted by atomic mass is 31.2. The van der Waals surface area contributed by atoms with Crippen LogP contribution in [0.3, 0.4) is 0 Å². The highest BCUT2D eigenvalue weighted by molar-refractivity contribution is 7.47. The molecule has 0 bridgehead atoms. The number of rotatable bonds is 74. The Morgan fingerprint density at radius 1 is 0.264 bits per heavy atom. The van der Waals surface area contributed by atoms with Crippen LogP contribution in [0.5, 0.6) is 0 Å². The SMILES string of the molecule is CC/C=C\C/C=C\C/C=C\C/C=C\C/C=C\CCCCCC(=O)OCC(COP(=O)(O)OCC(O)COP(=O)(O)OCC(COC(=O)CCCCCCC/C=C\C/C=C\C/C=C\CC)OC(=O)CCCCCCC/C=C\C/C=C\C/C=C\CC)OC(=O)CCCCCCCCC/C=C\C/C=C\C/C=C\CC. The molecule has 5 unspecified atom stereocenters. The Morgan fingerprint density at radius 2 is 0.462 bits per heavy atom. The number of carbonyl (C=O) groups excluding carboxylic acids is 4. The van der Waals surface area contributed by atoms with Crippen molar-refractivity contribution in [2.24, 2.45) is 0 Å². The normalized spacial score (nSPS) is 14.7. The van der Waals surface area contributed by atoms with Gasteiger partial charge in [-0.05, 0) is 167 Å². The van der Waals surface area contributed by atoms with E-state index in [0.717, 1.165) is 218 Å². The van der Waals surface area contributed by atoms with Gasteiger partial charge in [-0.2, -0.15) is 0 Å². The maximum absolute atomic E-state index is 13.1. The van der Waals surface area contributed by atoms with Crippen LogP contribution in [0.25, 0.3) is 0 Å². The van der Waals surface area contributed by atoms with E-state index < -0.39 is 97.5 Å². The van der Waals surface area contributed by atoms with Crippen molar-refractivity contribution in [3.05, 3.63) is 170 Å². The Hall–Kier alpha value is -5.58. The van der Waals surface area contributed by atoms with Crippen molar-refractivity contribution in [3.8, 4) is 0 Å². The third kappa shape index (κ3) is 76.6. The van der Waals surface area contributed by atoms with Crippen LogP contribution in [-0.4, -0.2) is 96.7 Å². The van der Waals surface area contributed by atoms with Crippen molar-refractivity contribution >= 4 is 39.5 Å². The Labute approximate surface area is 642 Å². The molecular formula is C87H142O17P2. The first-order valence-corrected chi connectivity index (χ1v) is 43.4. The van der Waals surface area contributed by atoms with E-state index in [4.69, 9.17) is 37.0 Å². The van der Waals surface area contributed by atoms with Crippen molar-refractivity contribution in [2.75, 3.05) is 39.6 Å². The number of phosphoric acid groups is 2. The monoisotopic (exact) mass is 1520 g/mol. The van der Waals surface area contributed by atoms with E-state index in [2.05, 4.69) is 198 Å². The van der Waals surface area contributed by atoms with Gasteiger partial charge in [-0.3, -0.25) is 37.3 Å². The summed E-state index contributed by atoms with van der Waals surface area (Å²) in [7, 11) is -10.00. The van der Waals surface area contributed by atoms with Gasteiger partial charge in [0.2, 0.25) is 0 Å². The van der Waals surface area contributed by atoms with Crippen LogP contribution in [0.4, 0.5) is 0 Å². The molecule has 19 heteroatoms. The molecule has 0 aromatic heterocycles. The fourth-order valence-electron chi connectivity index (χ4n) is 10.2. The molecule has 0 radical (unpaired) electrons. The van der Waals surface area contributed by atoms with E-state index in [0.29, 0.717) is 25.7 Å². The zero-order valence-electron chi connectivity index (χ0n) is 65.8. The molecule has 0 amide bonds. The van der Waals surface area contributed by atoms with Crippen LogP contribution in [0.1, 0.15) is 297 Å². The molecule has 0 aromatic carbocycles. The lowest BCUT2D eigenvalue weighted by atomic mass is 10.1. The number of esters is 4. The van der Waals surface area contributed by atoms with Crippen LogP contribution in [-0.2, 0) is 65.4 Å². The standard InChI is InChI=1S/C87H142O17P2/c1-5-9-13-17-21-25-29-33-37-39-40-42-45-48-52-56-60-64-68-72-85(90)98-78-83(104-87(92)74-70-66-62-58-54-50-46-41-38-34-30-26-22-18-14-10-6-2)80-102-106(95,96)100-76-81(88)75-99-105(93,94)101-79-82(103-86(91)73-69-65-61-57-53-49-44-36-32-28-24-20-16-12-8-4)77-97-84(89)71-67-63-59-55-51-47-43-35-31-27-23-19-15-11-7-3/h9-16,21-28,33-38,40,42-44,48,52,81-83,88H,5-8,17-20,29-32,39,41,45-47,49-51,53-80H2,1-4H3,(H,93,94)(H,95,96)/b13-9-,14-10-,15-11-,16-12-,25-21-,26-22-,27-23-,28-24-,37-33-,38-34-,42-40-,43-35-,44-36-,52-48-. The number of aliphatic hydroxyl groups excluding tert-OH is 1. The number of carbonyl (C=O) groups is 4. The van der Waals surface area contributed by atoms with Gasteiger partial charge in [0, 0.05) is 25.7 Å².